The molecule has 4 nitrogen and oxygen atoms in total. The number of hydrogen-bond donors (Lipinski definition) is 1. The van der Waals surface area contributed by atoms with Crippen LogP contribution in [0.1, 0.15) is 31.4 Å². The van der Waals surface area contributed by atoms with E-state index in [0.717, 1.165) is 24.4 Å². The van der Waals surface area contributed by atoms with Crippen molar-refractivity contribution in [3.8, 4) is 0 Å². The molecule has 2 N–H and O–H groups in total. The molecule has 3 rings (SSSR count). The summed E-state index contributed by atoms with van der Waals surface area (Å²) in [4.78, 5) is 7.13. The Morgan fingerprint density at radius 1 is 1.35 bits per heavy atom. The number of hydrogen-bond acceptors (Lipinski definition) is 3. The molecule has 0 amide bonds. The van der Waals surface area contributed by atoms with Gasteiger partial charge >= 0.3 is 0 Å². The second kappa shape index (κ2) is 5.94. The summed E-state index contributed by atoms with van der Waals surface area (Å²) in [6.07, 6.45) is 9.39. The van der Waals surface area contributed by atoms with Crippen LogP contribution in [0.25, 0.3) is 5.65 Å². The van der Waals surface area contributed by atoms with Gasteiger partial charge in [-0.3, -0.25) is 4.90 Å². The van der Waals surface area contributed by atoms with Crippen molar-refractivity contribution in [3.05, 3.63) is 36.3 Å². The van der Waals surface area contributed by atoms with Gasteiger partial charge in [0, 0.05) is 25.0 Å². The number of fused-ring (bicyclic) bond motifs is 1. The van der Waals surface area contributed by atoms with Gasteiger partial charge < -0.3 is 10.1 Å². The predicted molar refractivity (Wildman–Crippen MR) is 81.5 cm³/mol. The van der Waals surface area contributed by atoms with Crippen molar-refractivity contribution < 1.29 is 0 Å². The standard InChI is InChI=1S/C16H24N4/c1-19(15-7-3-2-6-13(15)10-17)11-14-12-20-9-5-4-8-16(20)18-14/h4-5,8-9,12-13,15H,2-3,6-7,10-11,17H2,1H3. The normalized spacial score (nSPS) is 23.6. The van der Waals surface area contributed by atoms with E-state index in [2.05, 4.69) is 33.7 Å². The van der Waals surface area contributed by atoms with Gasteiger partial charge in [0.05, 0.1) is 5.69 Å². The van der Waals surface area contributed by atoms with Crippen LogP contribution in [-0.2, 0) is 6.54 Å². The van der Waals surface area contributed by atoms with Crippen molar-refractivity contribution in [2.45, 2.75) is 38.3 Å². The van der Waals surface area contributed by atoms with Crippen LogP contribution < -0.4 is 5.73 Å². The van der Waals surface area contributed by atoms with Crippen molar-refractivity contribution in [3.63, 3.8) is 0 Å². The number of rotatable bonds is 4. The Labute approximate surface area is 120 Å². The molecule has 0 radical (unpaired) electrons. The number of pyridine rings is 1. The highest BCUT2D eigenvalue weighted by Crippen LogP contribution is 2.27. The molecule has 0 aromatic carbocycles. The third-order valence-electron chi connectivity index (χ3n) is 4.56. The first-order valence-electron chi connectivity index (χ1n) is 7.61. The summed E-state index contributed by atoms with van der Waals surface area (Å²) in [5.41, 5.74) is 8.10. The molecule has 2 unspecified atom stereocenters. The van der Waals surface area contributed by atoms with E-state index in [0.29, 0.717) is 12.0 Å². The van der Waals surface area contributed by atoms with Gasteiger partial charge in [-0.1, -0.05) is 18.9 Å². The van der Waals surface area contributed by atoms with Crippen molar-refractivity contribution in [1.82, 2.24) is 14.3 Å². The van der Waals surface area contributed by atoms with Gasteiger partial charge in [-0.25, -0.2) is 4.98 Å². The molecule has 4 heteroatoms. The summed E-state index contributed by atoms with van der Waals surface area (Å²) in [6.45, 7) is 1.71. The van der Waals surface area contributed by atoms with Crippen molar-refractivity contribution >= 4 is 5.65 Å². The number of nitrogens with zero attached hydrogens (tertiary/aromatic N) is 3. The lowest BCUT2D eigenvalue weighted by Crippen LogP contribution is -2.42. The first-order chi connectivity index (χ1) is 9.78. The molecule has 2 aromatic rings. The zero-order valence-corrected chi connectivity index (χ0v) is 12.2. The molecule has 0 saturated heterocycles. The minimum atomic E-state index is 0.610. The maximum absolute atomic E-state index is 5.94. The molecule has 20 heavy (non-hydrogen) atoms. The lowest BCUT2D eigenvalue weighted by Gasteiger charge is -2.37. The highest BCUT2D eigenvalue weighted by atomic mass is 15.2. The molecule has 0 bridgehead atoms. The van der Waals surface area contributed by atoms with E-state index < -0.39 is 0 Å². The van der Waals surface area contributed by atoms with Crippen LogP contribution in [0.2, 0.25) is 0 Å². The highest BCUT2D eigenvalue weighted by Gasteiger charge is 2.27. The first-order valence-corrected chi connectivity index (χ1v) is 7.61. The van der Waals surface area contributed by atoms with Gasteiger partial charge in [-0.2, -0.15) is 0 Å². The molecular formula is C16H24N4. The lowest BCUT2D eigenvalue weighted by atomic mass is 9.83. The fourth-order valence-electron chi connectivity index (χ4n) is 3.48. The molecule has 2 atom stereocenters. The average Bonchev–Trinajstić information content (AvgIpc) is 2.89. The fraction of sp³-hybridized carbons (Fsp3) is 0.562. The molecule has 1 fully saturated rings. The van der Waals surface area contributed by atoms with Crippen LogP contribution in [0, 0.1) is 5.92 Å². The van der Waals surface area contributed by atoms with E-state index in [9.17, 15) is 0 Å². The van der Waals surface area contributed by atoms with Crippen molar-refractivity contribution in [1.29, 1.82) is 0 Å². The fourth-order valence-corrected chi connectivity index (χ4v) is 3.48. The maximum Gasteiger partial charge on any atom is 0.137 e. The van der Waals surface area contributed by atoms with Gasteiger partial charge in [0.15, 0.2) is 0 Å². The van der Waals surface area contributed by atoms with E-state index >= 15 is 0 Å². The smallest absolute Gasteiger partial charge is 0.137 e. The Kier molecular flexibility index (Phi) is 4.03. The molecule has 0 aliphatic heterocycles. The zero-order valence-electron chi connectivity index (χ0n) is 12.2. The average molecular weight is 272 g/mol. The van der Waals surface area contributed by atoms with E-state index in [1.54, 1.807) is 0 Å². The molecule has 2 heterocycles. The number of nitrogens with two attached hydrogens (primary N) is 1. The van der Waals surface area contributed by atoms with Crippen molar-refractivity contribution in [2.24, 2.45) is 11.7 Å². The summed E-state index contributed by atoms with van der Waals surface area (Å²) in [6, 6.07) is 6.72. The minimum Gasteiger partial charge on any atom is -0.330 e. The van der Waals surface area contributed by atoms with E-state index in [1.807, 2.05) is 18.2 Å². The van der Waals surface area contributed by atoms with Crippen LogP contribution >= 0.6 is 0 Å². The monoisotopic (exact) mass is 272 g/mol. The van der Waals surface area contributed by atoms with Gasteiger partial charge in [0.1, 0.15) is 5.65 Å². The lowest BCUT2D eigenvalue weighted by molar-refractivity contribution is 0.126. The van der Waals surface area contributed by atoms with Crippen LogP contribution in [0.5, 0.6) is 0 Å². The van der Waals surface area contributed by atoms with Gasteiger partial charge in [0.2, 0.25) is 0 Å². The molecule has 0 spiro atoms. The quantitative estimate of drug-likeness (QED) is 0.929. The van der Waals surface area contributed by atoms with Gasteiger partial charge in [-0.05, 0) is 44.5 Å². The summed E-state index contributed by atoms with van der Waals surface area (Å²) in [7, 11) is 2.21. The molecule has 2 aromatic heterocycles. The number of aromatic nitrogens is 2. The summed E-state index contributed by atoms with van der Waals surface area (Å²) >= 11 is 0. The molecule has 1 aliphatic carbocycles. The van der Waals surface area contributed by atoms with Crippen LogP contribution in [0.4, 0.5) is 0 Å². The Morgan fingerprint density at radius 3 is 3.00 bits per heavy atom. The predicted octanol–water partition coefficient (Wildman–Crippen LogP) is 2.28. The molecule has 1 saturated carbocycles. The third kappa shape index (κ3) is 2.72. The van der Waals surface area contributed by atoms with Crippen LogP contribution in [0.3, 0.4) is 0 Å². The summed E-state index contributed by atoms with van der Waals surface area (Å²) < 4.78 is 2.09. The van der Waals surface area contributed by atoms with E-state index in [-0.39, 0.29) is 0 Å². The van der Waals surface area contributed by atoms with E-state index in [4.69, 9.17) is 5.73 Å². The maximum atomic E-state index is 5.94. The second-order valence-electron chi connectivity index (χ2n) is 5.96. The topological polar surface area (TPSA) is 46.6 Å². The zero-order chi connectivity index (χ0) is 13.9. The SMILES string of the molecule is CN(Cc1cn2ccccc2n1)C1CCCCC1CN. The van der Waals surface area contributed by atoms with Gasteiger partial charge in [-0.15, -0.1) is 0 Å². The second-order valence-corrected chi connectivity index (χ2v) is 5.96. The third-order valence-corrected chi connectivity index (χ3v) is 4.56. The van der Waals surface area contributed by atoms with E-state index in [1.165, 1.54) is 25.7 Å². The van der Waals surface area contributed by atoms with Crippen LogP contribution in [-0.4, -0.2) is 33.9 Å². The van der Waals surface area contributed by atoms with Gasteiger partial charge in [0.25, 0.3) is 0 Å². The van der Waals surface area contributed by atoms with Crippen LogP contribution in [0.15, 0.2) is 30.6 Å². The summed E-state index contributed by atoms with van der Waals surface area (Å²) in [5.74, 6) is 0.644. The molecule has 108 valence electrons. The Bertz CT molecular complexity index is 529. The highest BCUT2D eigenvalue weighted by molar-refractivity contribution is 5.39. The number of imidazole rings is 1. The van der Waals surface area contributed by atoms with Crippen molar-refractivity contribution in [2.75, 3.05) is 13.6 Å². The Hall–Kier alpha value is -1.39. The molecular weight excluding hydrogens is 248 g/mol. The largest absolute Gasteiger partial charge is 0.330 e. The Balaban J connectivity index is 1.72. The Morgan fingerprint density at radius 2 is 2.20 bits per heavy atom. The molecule has 1 aliphatic rings. The minimum absolute atomic E-state index is 0.610. The first kappa shape index (κ1) is 13.6. The summed E-state index contributed by atoms with van der Waals surface area (Å²) in [5, 5.41) is 0.